The van der Waals surface area contributed by atoms with Crippen LogP contribution in [-0.2, 0) is 4.79 Å². The fourth-order valence-electron chi connectivity index (χ4n) is 2.54. The minimum atomic E-state index is -0.313. The summed E-state index contributed by atoms with van der Waals surface area (Å²) in [5, 5.41) is 2.83. The van der Waals surface area contributed by atoms with Gasteiger partial charge in [0.1, 0.15) is 5.82 Å². The van der Waals surface area contributed by atoms with Gasteiger partial charge in [0.15, 0.2) is 0 Å². The second kappa shape index (κ2) is 5.48. The number of hydrogen-bond acceptors (Lipinski definition) is 3. The zero-order valence-electron chi connectivity index (χ0n) is 10.9. The first-order valence-corrected chi connectivity index (χ1v) is 6.59. The number of anilines is 1. The van der Waals surface area contributed by atoms with E-state index in [1.807, 2.05) is 19.1 Å². The van der Waals surface area contributed by atoms with Crippen molar-refractivity contribution in [3.05, 3.63) is 23.9 Å². The predicted octanol–water partition coefficient (Wildman–Crippen LogP) is 2.38. The normalized spacial score (nSPS) is 18.3. The van der Waals surface area contributed by atoms with Gasteiger partial charge in [-0.2, -0.15) is 0 Å². The van der Waals surface area contributed by atoms with E-state index in [2.05, 4.69) is 10.3 Å². The third-order valence-electron chi connectivity index (χ3n) is 3.54. The molecule has 1 aromatic rings. The predicted molar refractivity (Wildman–Crippen MR) is 72.2 cm³/mol. The molecule has 0 aliphatic heterocycles. The van der Waals surface area contributed by atoms with Gasteiger partial charge in [-0.25, -0.2) is 4.98 Å². The highest BCUT2D eigenvalue weighted by atomic mass is 16.1. The van der Waals surface area contributed by atoms with Crippen molar-refractivity contribution in [1.82, 2.24) is 4.98 Å². The maximum atomic E-state index is 12.0. The van der Waals surface area contributed by atoms with Gasteiger partial charge in [-0.1, -0.05) is 19.3 Å². The molecular formula is C14H21N3O. The molecule has 0 bridgehead atoms. The molecule has 18 heavy (non-hydrogen) atoms. The summed E-state index contributed by atoms with van der Waals surface area (Å²) >= 11 is 0. The van der Waals surface area contributed by atoms with Gasteiger partial charge in [0.2, 0.25) is 5.91 Å². The van der Waals surface area contributed by atoms with Crippen molar-refractivity contribution < 1.29 is 4.79 Å². The van der Waals surface area contributed by atoms with Crippen molar-refractivity contribution >= 4 is 11.7 Å². The summed E-state index contributed by atoms with van der Waals surface area (Å²) in [4.78, 5) is 16.1. The van der Waals surface area contributed by atoms with E-state index < -0.39 is 0 Å². The van der Waals surface area contributed by atoms with Gasteiger partial charge >= 0.3 is 0 Å². The monoisotopic (exact) mass is 247 g/mol. The third kappa shape index (κ3) is 3.53. The topological polar surface area (TPSA) is 68.0 Å². The summed E-state index contributed by atoms with van der Waals surface area (Å²) in [6.45, 7) is 1.98. The lowest BCUT2D eigenvalue weighted by molar-refractivity contribution is -0.117. The number of nitrogens with zero attached hydrogens (tertiary/aromatic N) is 1. The van der Waals surface area contributed by atoms with Crippen LogP contribution in [0.2, 0.25) is 0 Å². The summed E-state index contributed by atoms with van der Waals surface area (Å²) in [5.74, 6) is 0.580. The largest absolute Gasteiger partial charge is 0.325 e. The maximum absolute atomic E-state index is 12.0. The lowest BCUT2D eigenvalue weighted by atomic mass is 9.80. The van der Waals surface area contributed by atoms with Gasteiger partial charge < -0.3 is 11.1 Å². The first kappa shape index (κ1) is 13.0. The van der Waals surface area contributed by atoms with Crippen LogP contribution in [0.5, 0.6) is 0 Å². The van der Waals surface area contributed by atoms with Gasteiger partial charge in [-0.05, 0) is 37.5 Å². The van der Waals surface area contributed by atoms with E-state index in [1.54, 1.807) is 6.20 Å². The molecule has 2 rings (SSSR count). The molecule has 1 saturated carbocycles. The molecule has 1 fully saturated rings. The standard InChI is InChI=1S/C14H21N3O/c1-11-5-8-16-12(9-11)17-13(18)10-14(15)6-3-2-4-7-14/h5,8-9H,2-4,6-7,10,15H2,1H3,(H,16,17,18). The number of carbonyl (C=O) groups is 1. The SMILES string of the molecule is Cc1ccnc(NC(=O)CC2(N)CCCCC2)c1. The fraction of sp³-hybridized carbons (Fsp3) is 0.571. The number of aryl methyl sites for hydroxylation is 1. The molecule has 0 spiro atoms. The third-order valence-corrected chi connectivity index (χ3v) is 3.54. The Morgan fingerprint density at radius 3 is 2.83 bits per heavy atom. The number of hydrogen-bond donors (Lipinski definition) is 2. The van der Waals surface area contributed by atoms with Crippen LogP contribution < -0.4 is 11.1 Å². The van der Waals surface area contributed by atoms with Crippen molar-refractivity contribution in [2.24, 2.45) is 5.73 Å². The summed E-state index contributed by atoms with van der Waals surface area (Å²) in [5.41, 5.74) is 7.03. The van der Waals surface area contributed by atoms with Gasteiger partial charge in [0.05, 0.1) is 0 Å². The highest BCUT2D eigenvalue weighted by Crippen LogP contribution is 2.28. The van der Waals surface area contributed by atoms with Crippen molar-refractivity contribution in [3.8, 4) is 0 Å². The van der Waals surface area contributed by atoms with E-state index in [0.717, 1.165) is 31.2 Å². The first-order valence-electron chi connectivity index (χ1n) is 6.59. The zero-order valence-corrected chi connectivity index (χ0v) is 10.9. The molecule has 4 heteroatoms. The number of nitrogens with one attached hydrogen (secondary N) is 1. The number of pyridine rings is 1. The number of carbonyl (C=O) groups excluding carboxylic acids is 1. The van der Waals surface area contributed by atoms with E-state index in [1.165, 1.54) is 6.42 Å². The van der Waals surface area contributed by atoms with Crippen molar-refractivity contribution in [3.63, 3.8) is 0 Å². The molecule has 0 atom stereocenters. The lowest BCUT2D eigenvalue weighted by Crippen LogP contribution is -2.44. The van der Waals surface area contributed by atoms with Crippen LogP contribution >= 0.6 is 0 Å². The zero-order chi connectivity index (χ0) is 13.0. The Kier molecular flexibility index (Phi) is 3.97. The average Bonchev–Trinajstić information content (AvgIpc) is 2.28. The van der Waals surface area contributed by atoms with Crippen LogP contribution in [0.4, 0.5) is 5.82 Å². The average molecular weight is 247 g/mol. The molecule has 1 aliphatic rings. The van der Waals surface area contributed by atoms with Crippen LogP contribution in [0, 0.1) is 6.92 Å². The lowest BCUT2D eigenvalue weighted by Gasteiger charge is -2.32. The Morgan fingerprint density at radius 2 is 2.17 bits per heavy atom. The van der Waals surface area contributed by atoms with Crippen LogP contribution in [0.15, 0.2) is 18.3 Å². The number of nitrogens with two attached hydrogens (primary N) is 1. The van der Waals surface area contributed by atoms with Crippen LogP contribution in [0.3, 0.4) is 0 Å². The Labute approximate surface area is 108 Å². The summed E-state index contributed by atoms with van der Waals surface area (Å²) < 4.78 is 0. The van der Waals surface area contributed by atoms with E-state index in [-0.39, 0.29) is 11.4 Å². The quantitative estimate of drug-likeness (QED) is 0.861. The molecule has 1 heterocycles. The highest BCUT2D eigenvalue weighted by Gasteiger charge is 2.29. The molecule has 0 radical (unpaired) electrons. The number of amides is 1. The second-order valence-electron chi connectivity index (χ2n) is 5.37. The molecule has 0 saturated heterocycles. The second-order valence-corrected chi connectivity index (χ2v) is 5.37. The van der Waals surface area contributed by atoms with Gasteiger partial charge in [0, 0.05) is 18.2 Å². The van der Waals surface area contributed by atoms with Crippen molar-refractivity contribution in [2.75, 3.05) is 5.32 Å². The molecule has 0 aromatic carbocycles. The smallest absolute Gasteiger partial charge is 0.227 e. The molecule has 4 nitrogen and oxygen atoms in total. The van der Waals surface area contributed by atoms with Gasteiger partial charge in [0.25, 0.3) is 0 Å². The molecule has 1 amide bonds. The van der Waals surface area contributed by atoms with Crippen LogP contribution in [0.1, 0.15) is 44.1 Å². The summed E-state index contributed by atoms with van der Waals surface area (Å²) in [6, 6.07) is 3.77. The molecule has 0 unspecified atom stereocenters. The van der Waals surface area contributed by atoms with Gasteiger partial charge in [-0.3, -0.25) is 4.79 Å². The molecule has 1 aromatic heterocycles. The molecular weight excluding hydrogens is 226 g/mol. The molecule has 98 valence electrons. The summed E-state index contributed by atoms with van der Waals surface area (Å²) in [6.07, 6.45) is 7.48. The Morgan fingerprint density at radius 1 is 1.44 bits per heavy atom. The molecule has 1 aliphatic carbocycles. The Hall–Kier alpha value is -1.42. The minimum Gasteiger partial charge on any atom is -0.325 e. The minimum absolute atomic E-state index is 0.0301. The molecule has 3 N–H and O–H groups in total. The highest BCUT2D eigenvalue weighted by molar-refractivity contribution is 5.90. The first-order chi connectivity index (χ1) is 8.57. The van der Waals surface area contributed by atoms with E-state index >= 15 is 0 Å². The number of aromatic nitrogens is 1. The Balaban J connectivity index is 1.92. The maximum Gasteiger partial charge on any atom is 0.227 e. The Bertz CT molecular complexity index is 425. The fourth-order valence-corrected chi connectivity index (χ4v) is 2.54. The van der Waals surface area contributed by atoms with Crippen LogP contribution in [-0.4, -0.2) is 16.4 Å². The number of rotatable bonds is 3. The van der Waals surface area contributed by atoms with Crippen molar-refractivity contribution in [1.29, 1.82) is 0 Å². The van der Waals surface area contributed by atoms with E-state index in [9.17, 15) is 4.79 Å². The van der Waals surface area contributed by atoms with E-state index in [4.69, 9.17) is 5.73 Å². The summed E-state index contributed by atoms with van der Waals surface area (Å²) in [7, 11) is 0. The van der Waals surface area contributed by atoms with Crippen LogP contribution in [0.25, 0.3) is 0 Å². The van der Waals surface area contributed by atoms with Crippen molar-refractivity contribution in [2.45, 2.75) is 51.0 Å². The van der Waals surface area contributed by atoms with E-state index in [0.29, 0.717) is 12.2 Å². The van der Waals surface area contributed by atoms with Gasteiger partial charge in [-0.15, -0.1) is 0 Å².